The lowest BCUT2D eigenvalue weighted by Crippen LogP contribution is -2.60. The highest BCUT2D eigenvalue weighted by Gasteiger charge is 2.31. The van der Waals surface area contributed by atoms with Crippen LogP contribution in [-0.2, 0) is 0 Å². The van der Waals surface area contributed by atoms with Gasteiger partial charge >= 0.3 is 0 Å². The van der Waals surface area contributed by atoms with E-state index >= 15 is 0 Å². The Bertz CT molecular complexity index is 211. The van der Waals surface area contributed by atoms with Crippen LogP contribution in [0.1, 0.15) is 65.2 Å². The number of rotatable bonds is 6. The van der Waals surface area contributed by atoms with Gasteiger partial charge in [0, 0.05) is 6.04 Å². The maximum absolute atomic E-state index is 3.70. The normalized spacial score (nSPS) is 37.8. The molecule has 17 heavy (non-hydrogen) atoms. The van der Waals surface area contributed by atoms with Crippen molar-refractivity contribution < 1.29 is 0 Å². The van der Waals surface area contributed by atoms with Crippen molar-refractivity contribution in [1.29, 1.82) is 0 Å². The molecule has 2 N–H and O–H groups in total. The molecule has 1 heterocycles. The molecule has 2 rings (SSSR count). The minimum absolute atomic E-state index is 0.616. The van der Waals surface area contributed by atoms with E-state index in [1.807, 2.05) is 0 Å². The highest BCUT2D eigenvalue weighted by molar-refractivity contribution is 4.89. The molecule has 4 atom stereocenters. The molecule has 0 spiro atoms. The standard InChI is InChI=1S/C15H30N2/c1-3-4-9-16-15-11-14(17-15)10-13-8-6-5-7-12(13)2/h12-17H,3-11H2,1-2H3/t12-,13?,14-,15-/m1/s1. The molecule has 1 saturated carbocycles. The SMILES string of the molecule is CCCCN[C@H]1C[C@@H](CC2CCCC[C@H]2C)N1. The highest BCUT2D eigenvalue weighted by Crippen LogP contribution is 2.34. The topological polar surface area (TPSA) is 24.1 Å². The van der Waals surface area contributed by atoms with Crippen molar-refractivity contribution in [1.82, 2.24) is 10.6 Å². The van der Waals surface area contributed by atoms with Crippen LogP contribution in [0.5, 0.6) is 0 Å². The molecule has 0 amide bonds. The van der Waals surface area contributed by atoms with E-state index in [9.17, 15) is 0 Å². The molecular formula is C15H30N2. The Morgan fingerprint density at radius 2 is 2.00 bits per heavy atom. The first kappa shape index (κ1) is 13.4. The predicted molar refractivity (Wildman–Crippen MR) is 74.0 cm³/mol. The van der Waals surface area contributed by atoms with Gasteiger partial charge in [-0.05, 0) is 37.6 Å². The highest BCUT2D eigenvalue weighted by atomic mass is 15.2. The van der Waals surface area contributed by atoms with Gasteiger partial charge in [0.05, 0.1) is 6.17 Å². The Hall–Kier alpha value is -0.0800. The van der Waals surface area contributed by atoms with E-state index in [2.05, 4.69) is 24.5 Å². The monoisotopic (exact) mass is 238 g/mol. The summed E-state index contributed by atoms with van der Waals surface area (Å²) in [4.78, 5) is 0. The van der Waals surface area contributed by atoms with Gasteiger partial charge in [0.2, 0.25) is 0 Å². The van der Waals surface area contributed by atoms with Gasteiger partial charge in [-0.25, -0.2) is 0 Å². The second-order valence-corrected chi connectivity index (χ2v) is 6.22. The average Bonchev–Trinajstić information content (AvgIpc) is 2.28. The summed E-state index contributed by atoms with van der Waals surface area (Å²) in [5, 5.41) is 7.28. The summed E-state index contributed by atoms with van der Waals surface area (Å²) in [6, 6.07) is 0.805. The zero-order chi connectivity index (χ0) is 12.1. The van der Waals surface area contributed by atoms with E-state index in [1.165, 1.54) is 57.9 Å². The zero-order valence-electron chi connectivity index (χ0n) is 11.7. The smallest absolute Gasteiger partial charge is 0.0588 e. The van der Waals surface area contributed by atoms with Gasteiger partial charge in [-0.2, -0.15) is 0 Å². The van der Waals surface area contributed by atoms with Crippen molar-refractivity contribution in [2.24, 2.45) is 11.8 Å². The fourth-order valence-corrected chi connectivity index (χ4v) is 3.41. The number of nitrogens with one attached hydrogen (secondary N) is 2. The molecule has 0 aromatic carbocycles. The van der Waals surface area contributed by atoms with Crippen LogP contribution in [0.2, 0.25) is 0 Å². The van der Waals surface area contributed by atoms with Crippen LogP contribution in [-0.4, -0.2) is 18.8 Å². The van der Waals surface area contributed by atoms with Crippen molar-refractivity contribution in [3.05, 3.63) is 0 Å². The molecule has 0 aromatic rings. The second kappa shape index (κ2) is 6.75. The van der Waals surface area contributed by atoms with E-state index in [-0.39, 0.29) is 0 Å². The third-order valence-corrected chi connectivity index (χ3v) is 4.75. The van der Waals surface area contributed by atoms with Crippen molar-refractivity contribution in [3.63, 3.8) is 0 Å². The summed E-state index contributed by atoms with van der Waals surface area (Å²) >= 11 is 0. The summed E-state index contributed by atoms with van der Waals surface area (Å²) in [6.07, 6.45) is 11.9. The van der Waals surface area contributed by atoms with Gasteiger partial charge in [-0.3, -0.25) is 5.32 Å². The zero-order valence-corrected chi connectivity index (χ0v) is 11.7. The maximum Gasteiger partial charge on any atom is 0.0588 e. The minimum Gasteiger partial charge on any atom is -0.302 e. The van der Waals surface area contributed by atoms with Gasteiger partial charge in [0.1, 0.15) is 0 Å². The molecule has 2 fully saturated rings. The molecule has 1 aliphatic carbocycles. The number of hydrogen-bond acceptors (Lipinski definition) is 2. The molecule has 1 unspecified atom stereocenters. The second-order valence-electron chi connectivity index (χ2n) is 6.22. The van der Waals surface area contributed by atoms with Gasteiger partial charge in [0.25, 0.3) is 0 Å². The third-order valence-electron chi connectivity index (χ3n) is 4.75. The Morgan fingerprint density at radius 3 is 2.71 bits per heavy atom. The van der Waals surface area contributed by atoms with Crippen LogP contribution in [0.3, 0.4) is 0 Å². The van der Waals surface area contributed by atoms with Crippen LogP contribution in [0.15, 0.2) is 0 Å². The first-order valence-electron chi connectivity index (χ1n) is 7.79. The van der Waals surface area contributed by atoms with Crippen LogP contribution in [0.4, 0.5) is 0 Å². The Balaban J connectivity index is 1.57. The van der Waals surface area contributed by atoms with E-state index in [1.54, 1.807) is 0 Å². The van der Waals surface area contributed by atoms with Crippen LogP contribution in [0, 0.1) is 11.8 Å². The largest absolute Gasteiger partial charge is 0.302 e. The summed E-state index contributed by atoms with van der Waals surface area (Å²) in [7, 11) is 0. The van der Waals surface area contributed by atoms with Gasteiger partial charge in [-0.1, -0.05) is 46.0 Å². The summed E-state index contributed by atoms with van der Waals surface area (Å²) in [5.74, 6) is 1.97. The first-order valence-corrected chi connectivity index (χ1v) is 7.79. The molecular weight excluding hydrogens is 208 g/mol. The lowest BCUT2D eigenvalue weighted by atomic mass is 9.75. The summed E-state index contributed by atoms with van der Waals surface area (Å²) < 4.78 is 0. The Kier molecular flexibility index (Phi) is 5.30. The van der Waals surface area contributed by atoms with Crippen LogP contribution < -0.4 is 10.6 Å². The lowest BCUT2D eigenvalue weighted by molar-refractivity contribution is 0.149. The first-order chi connectivity index (χ1) is 8.29. The van der Waals surface area contributed by atoms with E-state index < -0.39 is 0 Å². The molecule has 1 aliphatic heterocycles. The Morgan fingerprint density at radius 1 is 1.24 bits per heavy atom. The fraction of sp³-hybridized carbons (Fsp3) is 1.00. The van der Waals surface area contributed by atoms with Gasteiger partial charge in [0.15, 0.2) is 0 Å². The molecule has 100 valence electrons. The fourth-order valence-electron chi connectivity index (χ4n) is 3.41. The van der Waals surface area contributed by atoms with Crippen molar-refractivity contribution >= 4 is 0 Å². The third kappa shape index (κ3) is 3.96. The minimum atomic E-state index is 0.616. The molecule has 2 aliphatic rings. The molecule has 0 aromatic heterocycles. The summed E-state index contributed by atoms with van der Waals surface area (Å²) in [5.41, 5.74) is 0. The number of unbranched alkanes of at least 4 members (excludes halogenated alkanes) is 1. The lowest BCUT2D eigenvalue weighted by Gasteiger charge is -2.41. The predicted octanol–water partition coefficient (Wildman–Crippen LogP) is 3.28. The van der Waals surface area contributed by atoms with Crippen LogP contribution >= 0.6 is 0 Å². The van der Waals surface area contributed by atoms with Gasteiger partial charge in [-0.15, -0.1) is 0 Å². The average molecular weight is 238 g/mol. The van der Waals surface area contributed by atoms with E-state index in [0.29, 0.717) is 6.17 Å². The quantitative estimate of drug-likeness (QED) is 0.694. The van der Waals surface area contributed by atoms with Crippen molar-refractivity contribution in [2.45, 2.75) is 77.4 Å². The van der Waals surface area contributed by atoms with Crippen molar-refractivity contribution in [3.8, 4) is 0 Å². The van der Waals surface area contributed by atoms with E-state index in [0.717, 1.165) is 17.9 Å². The summed E-state index contributed by atoms with van der Waals surface area (Å²) in [6.45, 7) is 5.89. The molecule has 0 radical (unpaired) electrons. The molecule has 0 bridgehead atoms. The number of hydrogen-bond donors (Lipinski definition) is 2. The Labute approximate surface area is 107 Å². The molecule has 2 heteroatoms. The van der Waals surface area contributed by atoms with Crippen LogP contribution in [0.25, 0.3) is 0 Å². The van der Waals surface area contributed by atoms with Crippen molar-refractivity contribution in [2.75, 3.05) is 6.54 Å². The van der Waals surface area contributed by atoms with Gasteiger partial charge < -0.3 is 5.32 Å². The maximum atomic E-state index is 3.70. The molecule has 1 saturated heterocycles. The molecule has 2 nitrogen and oxygen atoms in total. The van der Waals surface area contributed by atoms with E-state index in [4.69, 9.17) is 0 Å².